The highest BCUT2D eigenvalue weighted by atomic mass is 35.5. The summed E-state index contributed by atoms with van der Waals surface area (Å²) in [6.07, 6.45) is 2.11. The lowest BCUT2D eigenvalue weighted by Crippen LogP contribution is -2.28. The van der Waals surface area contributed by atoms with Gasteiger partial charge in [-0.25, -0.2) is 0 Å². The van der Waals surface area contributed by atoms with Gasteiger partial charge in [0.2, 0.25) is 0 Å². The first-order valence-corrected chi connectivity index (χ1v) is 6.26. The number of hydrogen-bond acceptors (Lipinski definition) is 2. The van der Waals surface area contributed by atoms with Crippen molar-refractivity contribution in [2.24, 2.45) is 0 Å². The van der Waals surface area contributed by atoms with Crippen molar-refractivity contribution in [3.05, 3.63) is 29.8 Å². The van der Waals surface area contributed by atoms with Crippen LogP contribution in [0.25, 0.3) is 0 Å². The Morgan fingerprint density at radius 3 is 2.75 bits per heavy atom. The molecule has 0 saturated carbocycles. The second kappa shape index (κ2) is 7.53. The lowest BCUT2D eigenvalue weighted by atomic mass is 10.1. The van der Waals surface area contributed by atoms with Gasteiger partial charge in [-0.2, -0.15) is 0 Å². The molecule has 1 N–H and O–H groups in total. The molecule has 16 heavy (non-hydrogen) atoms. The normalized spacial score (nSPS) is 12.4. The van der Waals surface area contributed by atoms with Crippen LogP contribution >= 0.6 is 11.6 Å². The van der Waals surface area contributed by atoms with E-state index < -0.39 is 0 Å². The molecule has 1 aromatic carbocycles. The number of benzene rings is 1. The van der Waals surface area contributed by atoms with Crippen LogP contribution in [0.5, 0.6) is 5.75 Å². The lowest BCUT2D eigenvalue weighted by Gasteiger charge is -2.16. The molecule has 0 spiro atoms. The van der Waals surface area contributed by atoms with Crippen molar-refractivity contribution in [1.82, 2.24) is 5.32 Å². The van der Waals surface area contributed by atoms with Crippen LogP contribution in [0.3, 0.4) is 0 Å². The summed E-state index contributed by atoms with van der Waals surface area (Å²) < 4.78 is 5.31. The zero-order chi connectivity index (χ0) is 11.8. The van der Waals surface area contributed by atoms with Gasteiger partial charge in [0.05, 0.1) is 7.11 Å². The van der Waals surface area contributed by atoms with Crippen molar-refractivity contribution in [2.75, 3.05) is 13.0 Å². The molecule has 90 valence electrons. The quantitative estimate of drug-likeness (QED) is 0.741. The maximum atomic E-state index is 5.75. The minimum Gasteiger partial charge on any atom is -0.496 e. The van der Waals surface area contributed by atoms with Crippen LogP contribution in [0.2, 0.25) is 0 Å². The van der Waals surface area contributed by atoms with Crippen LogP contribution in [-0.2, 0) is 6.54 Å². The molecular weight excluding hydrogens is 222 g/mol. The summed E-state index contributed by atoms with van der Waals surface area (Å²) in [7, 11) is 1.70. The van der Waals surface area contributed by atoms with Gasteiger partial charge in [-0.15, -0.1) is 11.6 Å². The molecule has 0 amide bonds. The Morgan fingerprint density at radius 2 is 2.12 bits per heavy atom. The molecule has 2 nitrogen and oxygen atoms in total. The van der Waals surface area contributed by atoms with E-state index in [-0.39, 0.29) is 0 Å². The molecule has 0 heterocycles. The van der Waals surface area contributed by atoms with E-state index in [1.54, 1.807) is 7.11 Å². The van der Waals surface area contributed by atoms with Crippen LogP contribution in [0.1, 0.15) is 25.3 Å². The Labute approximate surface area is 103 Å². The molecule has 1 unspecified atom stereocenters. The van der Waals surface area contributed by atoms with E-state index in [4.69, 9.17) is 16.3 Å². The van der Waals surface area contributed by atoms with E-state index in [0.717, 1.165) is 25.1 Å². The van der Waals surface area contributed by atoms with Gasteiger partial charge in [0.25, 0.3) is 0 Å². The van der Waals surface area contributed by atoms with E-state index in [1.807, 2.05) is 18.2 Å². The Kier molecular flexibility index (Phi) is 6.27. The number of rotatable bonds is 7. The van der Waals surface area contributed by atoms with Gasteiger partial charge in [0.15, 0.2) is 0 Å². The highest BCUT2D eigenvalue weighted by Crippen LogP contribution is 2.17. The summed E-state index contributed by atoms with van der Waals surface area (Å²) >= 11 is 5.75. The first kappa shape index (κ1) is 13.3. The van der Waals surface area contributed by atoms with Crippen molar-refractivity contribution < 1.29 is 4.74 Å². The van der Waals surface area contributed by atoms with Crippen LogP contribution in [-0.4, -0.2) is 19.0 Å². The van der Waals surface area contributed by atoms with Gasteiger partial charge in [0.1, 0.15) is 5.75 Å². The third kappa shape index (κ3) is 4.03. The first-order chi connectivity index (χ1) is 7.81. The largest absolute Gasteiger partial charge is 0.496 e. The molecule has 1 atom stereocenters. The Bertz CT molecular complexity index is 304. The summed E-state index contributed by atoms with van der Waals surface area (Å²) in [4.78, 5) is 0. The van der Waals surface area contributed by atoms with Crippen molar-refractivity contribution >= 4 is 11.6 Å². The number of nitrogens with one attached hydrogen (secondary N) is 1. The van der Waals surface area contributed by atoms with Crippen molar-refractivity contribution in [3.63, 3.8) is 0 Å². The second-order valence-electron chi connectivity index (χ2n) is 3.78. The average molecular weight is 242 g/mol. The zero-order valence-electron chi connectivity index (χ0n) is 10.0. The fourth-order valence-corrected chi connectivity index (χ4v) is 1.95. The van der Waals surface area contributed by atoms with Crippen LogP contribution < -0.4 is 10.1 Å². The minimum absolute atomic E-state index is 0.488. The van der Waals surface area contributed by atoms with Crippen molar-refractivity contribution in [3.8, 4) is 5.75 Å². The monoisotopic (exact) mass is 241 g/mol. The van der Waals surface area contributed by atoms with E-state index >= 15 is 0 Å². The van der Waals surface area contributed by atoms with E-state index in [2.05, 4.69) is 18.3 Å². The summed E-state index contributed by atoms with van der Waals surface area (Å²) in [5.74, 6) is 1.65. The van der Waals surface area contributed by atoms with E-state index in [9.17, 15) is 0 Å². The number of para-hydroxylation sites is 1. The zero-order valence-corrected chi connectivity index (χ0v) is 10.8. The summed E-state index contributed by atoms with van der Waals surface area (Å²) in [5, 5.41) is 3.50. The molecule has 3 heteroatoms. The SMILES string of the molecule is CCC(CCCl)NCc1ccccc1OC. The lowest BCUT2D eigenvalue weighted by molar-refractivity contribution is 0.403. The van der Waals surface area contributed by atoms with E-state index in [0.29, 0.717) is 11.9 Å². The van der Waals surface area contributed by atoms with Crippen LogP contribution in [0.15, 0.2) is 24.3 Å². The minimum atomic E-state index is 0.488. The molecule has 0 bridgehead atoms. The van der Waals surface area contributed by atoms with Gasteiger partial charge in [0, 0.05) is 24.0 Å². The predicted molar refractivity (Wildman–Crippen MR) is 69.2 cm³/mol. The highest BCUT2D eigenvalue weighted by molar-refractivity contribution is 6.17. The highest BCUT2D eigenvalue weighted by Gasteiger charge is 2.06. The van der Waals surface area contributed by atoms with Crippen molar-refractivity contribution in [1.29, 1.82) is 0 Å². The van der Waals surface area contributed by atoms with Gasteiger partial charge in [-0.1, -0.05) is 25.1 Å². The Morgan fingerprint density at radius 1 is 1.38 bits per heavy atom. The predicted octanol–water partition coefficient (Wildman–Crippen LogP) is 3.19. The van der Waals surface area contributed by atoms with Gasteiger partial charge < -0.3 is 10.1 Å². The van der Waals surface area contributed by atoms with Gasteiger partial charge >= 0.3 is 0 Å². The molecule has 0 aliphatic rings. The van der Waals surface area contributed by atoms with Crippen LogP contribution in [0.4, 0.5) is 0 Å². The molecule has 0 saturated heterocycles. The Balaban J connectivity index is 2.52. The first-order valence-electron chi connectivity index (χ1n) is 5.73. The molecule has 0 aliphatic carbocycles. The second-order valence-corrected chi connectivity index (χ2v) is 4.15. The molecule has 0 fully saturated rings. The molecular formula is C13H20ClNO. The van der Waals surface area contributed by atoms with E-state index in [1.165, 1.54) is 5.56 Å². The third-order valence-corrected chi connectivity index (χ3v) is 2.94. The third-order valence-electron chi connectivity index (χ3n) is 2.72. The molecule has 0 radical (unpaired) electrons. The van der Waals surface area contributed by atoms with Crippen LogP contribution in [0, 0.1) is 0 Å². The average Bonchev–Trinajstić information content (AvgIpc) is 2.34. The smallest absolute Gasteiger partial charge is 0.123 e. The fourth-order valence-electron chi connectivity index (χ4n) is 1.69. The maximum Gasteiger partial charge on any atom is 0.123 e. The molecule has 0 aliphatic heterocycles. The molecule has 1 rings (SSSR count). The molecule has 0 aromatic heterocycles. The topological polar surface area (TPSA) is 21.3 Å². The summed E-state index contributed by atoms with van der Waals surface area (Å²) in [6, 6.07) is 8.57. The van der Waals surface area contributed by atoms with Crippen molar-refractivity contribution in [2.45, 2.75) is 32.4 Å². The summed E-state index contributed by atoms with van der Waals surface area (Å²) in [6.45, 7) is 3.01. The number of alkyl halides is 1. The number of ether oxygens (including phenoxy) is 1. The Hall–Kier alpha value is -0.730. The number of halogens is 1. The summed E-state index contributed by atoms with van der Waals surface area (Å²) in [5.41, 5.74) is 1.19. The maximum absolute atomic E-state index is 5.75. The molecule has 1 aromatic rings. The number of methoxy groups -OCH3 is 1. The standard InChI is InChI=1S/C13H20ClNO/c1-3-12(8-9-14)15-10-11-6-4-5-7-13(11)16-2/h4-7,12,15H,3,8-10H2,1-2H3. The van der Waals surface area contributed by atoms with Gasteiger partial charge in [-0.3, -0.25) is 0 Å². The number of hydrogen-bond donors (Lipinski definition) is 1. The van der Waals surface area contributed by atoms with Gasteiger partial charge in [-0.05, 0) is 18.9 Å². The fraction of sp³-hybridized carbons (Fsp3) is 0.538.